The second-order valence-corrected chi connectivity index (χ2v) is 23.2. The number of nitrogens with one attached hydrogen (secondary N) is 1. The summed E-state index contributed by atoms with van der Waals surface area (Å²) in [5, 5.41) is 4.35. The first-order valence-electron chi connectivity index (χ1n) is 27.8. The number of nitrogens with zero attached hydrogens (tertiary/aromatic N) is 6. The molecule has 0 radical (unpaired) electrons. The maximum Gasteiger partial charge on any atom is 0.416 e. The summed E-state index contributed by atoms with van der Waals surface area (Å²) >= 11 is 1.41. The summed E-state index contributed by atoms with van der Waals surface area (Å²) in [5.41, 5.74) is -1.98. The molecule has 4 aliphatic rings. The van der Waals surface area contributed by atoms with Gasteiger partial charge in [-0.05, 0) is 143 Å². The molecular formula is C59H74F7N7O6S. The van der Waals surface area contributed by atoms with Gasteiger partial charge in [0.2, 0.25) is 11.8 Å². The van der Waals surface area contributed by atoms with Crippen molar-refractivity contribution in [3.8, 4) is 0 Å². The average Bonchev–Trinajstić information content (AvgIpc) is 4.35. The summed E-state index contributed by atoms with van der Waals surface area (Å²) in [6.07, 6.45) is -1.39. The number of halogens is 7. The molecule has 0 bridgehead atoms. The Morgan fingerprint density at radius 1 is 0.762 bits per heavy atom. The van der Waals surface area contributed by atoms with Crippen LogP contribution < -0.4 is 5.32 Å². The summed E-state index contributed by atoms with van der Waals surface area (Å²) in [4.78, 5) is 65.1. The van der Waals surface area contributed by atoms with Crippen molar-refractivity contribution < 1.29 is 59.4 Å². The van der Waals surface area contributed by atoms with E-state index in [4.69, 9.17) is 9.47 Å². The fourth-order valence-electron chi connectivity index (χ4n) is 11.6. The van der Waals surface area contributed by atoms with Crippen LogP contribution in [0.25, 0.3) is 0 Å². The van der Waals surface area contributed by atoms with Crippen LogP contribution in [0.2, 0.25) is 0 Å². The molecule has 1 aliphatic carbocycles. The van der Waals surface area contributed by atoms with Crippen LogP contribution in [-0.4, -0.2) is 166 Å². The van der Waals surface area contributed by atoms with Crippen LogP contribution in [0, 0.1) is 12.7 Å². The molecule has 0 unspecified atom stereocenters. The van der Waals surface area contributed by atoms with Crippen molar-refractivity contribution in [2.75, 3.05) is 112 Å². The van der Waals surface area contributed by atoms with E-state index in [2.05, 4.69) is 27.2 Å². The molecule has 21 heteroatoms. The largest absolute Gasteiger partial charge is 0.416 e. The molecule has 2 atom stereocenters. The number of aryl methyl sites for hydroxylation is 1. The molecular weight excluding hydrogens is 1070 g/mol. The van der Waals surface area contributed by atoms with Gasteiger partial charge in [-0.2, -0.15) is 26.3 Å². The zero-order valence-electron chi connectivity index (χ0n) is 46.2. The first-order chi connectivity index (χ1) is 38.0. The molecule has 3 aromatic carbocycles. The summed E-state index contributed by atoms with van der Waals surface area (Å²) in [5.74, 6) is -1.76. The highest BCUT2D eigenvalue weighted by atomic mass is 32.1. The number of thiophene rings is 1. The standard InChI is InChI=1S/C59H74F7N7O6S/c1-41-33-50(67-23-10-5-7-15-51(74)68(2)31-32-71-24-11-6-12-25-71)80-53(41)55(77)70(4)30-29-69(3)52(75)38-78-49-36-42-13-8-9-14-48(42)56(49)20-26-72(27-21-56)28-22-57(44-16-18-47(60)19-17-44)39-73(40-79-57)54(76)43-34-45(58(61,62)63)37-46(35-43)59(64,65)66/h8-9,13-14,16-19,33-35,37,49,67H,5-7,10-12,15,20-32,36,38-40H2,1-4H3/t49-,57+/m0/s1. The molecule has 0 saturated carbocycles. The third-order valence-electron chi connectivity index (χ3n) is 16.6. The SMILES string of the molecule is Cc1cc(NCCCCCC(=O)N(C)CCN2CCCCC2)sc1C(=O)N(C)CCN(C)C(=O)CO[C@H]1Cc2ccccc2C12CCN(CC[C@]1(c3ccc(F)cc3)CN(C(=O)c3cc(C(F)(F)F)cc(C(F)(F)F)c3)CO1)CC2. The van der Waals surface area contributed by atoms with Gasteiger partial charge in [0.05, 0.1) is 33.7 Å². The molecule has 1 spiro atoms. The summed E-state index contributed by atoms with van der Waals surface area (Å²) < 4.78 is 109. The highest BCUT2D eigenvalue weighted by Crippen LogP contribution is 2.48. The van der Waals surface area contributed by atoms with Crippen LogP contribution in [0.1, 0.15) is 118 Å². The second-order valence-electron chi connectivity index (χ2n) is 22.1. The monoisotopic (exact) mass is 1140 g/mol. The van der Waals surface area contributed by atoms with Gasteiger partial charge in [-0.1, -0.05) is 49.2 Å². The number of carbonyl (C=O) groups excluding carboxylic acids is 4. The topological polar surface area (TPSA) is 118 Å². The Hall–Kier alpha value is -5.61. The second kappa shape index (κ2) is 26.1. The molecule has 436 valence electrons. The van der Waals surface area contributed by atoms with Crippen LogP contribution >= 0.6 is 11.3 Å². The number of fused-ring (bicyclic) bond motifs is 2. The molecule has 8 rings (SSSR count). The highest BCUT2D eigenvalue weighted by Gasteiger charge is 2.50. The molecule has 4 amide bonds. The Balaban J connectivity index is 0.802. The van der Waals surface area contributed by atoms with E-state index in [1.807, 2.05) is 37.1 Å². The number of hydrogen-bond acceptors (Lipinski definition) is 10. The van der Waals surface area contributed by atoms with E-state index in [0.29, 0.717) is 81.0 Å². The lowest BCUT2D eigenvalue weighted by atomic mass is 9.72. The van der Waals surface area contributed by atoms with Crippen molar-refractivity contribution in [1.29, 1.82) is 0 Å². The zero-order chi connectivity index (χ0) is 57.4. The van der Waals surface area contributed by atoms with Crippen LogP contribution in [0.5, 0.6) is 0 Å². The van der Waals surface area contributed by atoms with E-state index in [-0.39, 0.29) is 49.5 Å². The minimum atomic E-state index is -5.14. The van der Waals surface area contributed by atoms with Gasteiger partial charge in [0, 0.05) is 77.8 Å². The van der Waals surface area contributed by atoms with Crippen LogP contribution in [0.3, 0.4) is 0 Å². The Bertz CT molecular complexity index is 2750. The fourth-order valence-corrected chi connectivity index (χ4v) is 12.7. The predicted molar refractivity (Wildman–Crippen MR) is 292 cm³/mol. The van der Waals surface area contributed by atoms with Crippen molar-refractivity contribution in [2.24, 2.45) is 0 Å². The van der Waals surface area contributed by atoms with E-state index < -0.39 is 58.5 Å². The van der Waals surface area contributed by atoms with Crippen molar-refractivity contribution in [3.05, 3.63) is 122 Å². The molecule has 13 nitrogen and oxygen atoms in total. The number of unbranched alkanes of at least 4 members (excludes halogenated alkanes) is 2. The first kappa shape index (κ1) is 60.5. The molecule has 3 aliphatic heterocycles. The van der Waals surface area contributed by atoms with Gasteiger partial charge in [0.1, 0.15) is 24.8 Å². The summed E-state index contributed by atoms with van der Waals surface area (Å²) in [6.45, 7) is 8.06. The number of rotatable bonds is 22. The van der Waals surface area contributed by atoms with E-state index in [9.17, 15) is 49.9 Å². The van der Waals surface area contributed by atoms with E-state index >= 15 is 0 Å². The number of likely N-dealkylation sites (N-methyl/N-ethyl adjacent to an activating group) is 3. The third-order valence-corrected chi connectivity index (χ3v) is 17.8. The number of hydrogen-bond donors (Lipinski definition) is 1. The Morgan fingerprint density at radius 2 is 1.41 bits per heavy atom. The number of ether oxygens (including phenoxy) is 2. The lowest BCUT2D eigenvalue weighted by Gasteiger charge is -2.44. The minimum Gasteiger partial charge on any atom is -0.377 e. The fraction of sp³-hybridized carbons (Fsp3) is 0.559. The van der Waals surface area contributed by atoms with Gasteiger partial charge >= 0.3 is 12.4 Å². The Morgan fingerprint density at radius 3 is 2.10 bits per heavy atom. The zero-order valence-corrected chi connectivity index (χ0v) is 47.0. The first-order valence-corrected chi connectivity index (χ1v) is 28.6. The normalized spacial score (nSPS) is 19.5. The number of amides is 4. The molecule has 4 aromatic rings. The average molecular weight is 1140 g/mol. The number of carbonyl (C=O) groups is 4. The van der Waals surface area contributed by atoms with E-state index in [1.54, 1.807) is 23.9 Å². The van der Waals surface area contributed by atoms with Crippen LogP contribution in [-0.2, 0) is 48.9 Å². The van der Waals surface area contributed by atoms with Gasteiger partial charge in [-0.3, -0.25) is 19.2 Å². The number of likely N-dealkylation sites (tertiary alicyclic amines) is 2. The van der Waals surface area contributed by atoms with Crippen molar-refractivity contribution in [2.45, 2.75) is 107 Å². The van der Waals surface area contributed by atoms with Crippen molar-refractivity contribution in [3.63, 3.8) is 0 Å². The number of piperidine rings is 2. The molecule has 4 heterocycles. The molecule has 80 heavy (non-hydrogen) atoms. The van der Waals surface area contributed by atoms with Crippen LogP contribution in [0.15, 0.2) is 72.8 Å². The minimum absolute atomic E-state index is 0.0264. The van der Waals surface area contributed by atoms with Gasteiger partial charge in [0.15, 0.2) is 0 Å². The number of anilines is 1. The smallest absolute Gasteiger partial charge is 0.377 e. The number of alkyl halides is 6. The molecule has 3 fully saturated rings. The quantitative estimate of drug-likeness (QED) is 0.0606. The highest BCUT2D eigenvalue weighted by molar-refractivity contribution is 7.18. The summed E-state index contributed by atoms with van der Waals surface area (Å²) in [6, 6.07) is 16.4. The van der Waals surface area contributed by atoms with Crippen molar-refractivity contribution >= 4 is 40.0 Å². The maximum absolute atomic E-state index is 14.2. The van der Waals surface area contributed by atoms with E-state index in [1.165, 1.54) is 54.9 Å². The lowest BCUT2D eigenvalue weighted by molar-refractivity contribution is -0.143. The van der Waals surface area contributed by atoms with Gasteiger partial charge in [-0.15, -0.1) is 11.3 Å². The molecule has 1 aromatic heterocycles. The molecule has 3 saturated heterocycles. The van der Waals surface area contributed by atoms with Crippen molar-refractivity contribution in [1.82, 2.24) is 29.4 Å². The maximum atomic E-state index is 14.2. The summed E-state index contributed by atoms with van der Waals surface area (Å²) in [7, 11) is 5.32. The van der Waals surface area contributed by atoms with Gasteiger partial charge in [0.25, 0.3) is 11.8 Å². The van der Waals surface area contributed by atoms with Crippen LogP contribution in [0.4, 0.5) is 35.7 Å². The lowest BCUT2D eigenvalue weighted by Crippen LogP contribution is -2.50. The van der Waals surface area contributed by atoms with E-state index in [0.717, 1.165) is 78.6 Å². The third kappa shape index (κ3) is 14.7. The molecule has 1 N–H and O–H groups in total. The number of benzene rings is 3. The van der Waals surface area contributed by atoms with Gasteiger partial charge < -0.3 is 44.2 Å². The predicted octanol–water partition coefficient (Wildman–Crippen LogP) is 10.1. The Kier molecular flexibility index (Phi) is 19.7. The van der Waals surface area contributed by atoms with Gasteiger partial charge in [-0.25, -0.2) is 4.39 Å². The Labute approximate surface area is 468 Å².